The van der Waals surface area contributed by atoms with E-state index in [1.54, 1.807) is 79.4 Å². The van der Waals surface area contributed by atoms with E-state index in [1.165, 1.54) is 25.3 Å². The summed E-state index contributed by atoms with van der Waals surface area (Å²) in [4.78, 5) is 30.7. The second-order valence-electron chi connectivity index (χ2n) is 12.8. The molecule has 14 heteroatoms. The molecule has 3 aromatic rings. The van der Waals surface area contributed by atoms with Crippen LogP contribution in [0, 0.1) is 5.92 Å². The van der Waals surface area contributed by atoms with E-state index < -0.39 is 28.1 Å². The van der Waals surface area contributed by atoms with Gasteiger partial charge in [0.05, 0.1) is 49.5 Å². The minimum atomic E-state index is -4.01. The molecule has 3 amide bonds. The quantitative estimate of drug-likeness (QED) is 0.247. The van der Waals surface area contributed by atoms with Crippen molar-refractivity contribution < 1.29 is 42.1 Å². The highest BCUT2D eigenvalue weighted by atomic mass is 32.2. The fourth-order valence-electron chi connectivity index (χ4n) is 5.66. The molecule has 0 fully saturated rings. The van der Waals surface area contributed by atoms with E-state index in [1.807, 2.05) is 13.8 Å². The van der Waals surface area contributed by atoms with E-state index in [-0.39, 0.29) is 53.9 Å². The molecule has 278 valence electrons. The van der Waals surface area contributed by atoms with Crippen LogP contribution < -0.4 is 24.2 Å². The number of methoxy groups -OCH3 is 2. The summed E-state index contributed by atoms with van der Waals surface area (Å²) in [5.74, 6) is 0.775. The van der Waals surface area contributed by atoms with Crippen molar-refractivity contribution >= 4 is 33.3 Å². The first kappa shape index (κ1) is 39.3. The number of nitrogens with zero attached hydrogens (tertiary/aromatic N) is 2. The number of hydrogen-bond donors (Lipinski definition) is 3. The van der Waals surface area contributed by atoms with Gasteiger partial charge in [-0.1, -0.05) is 6.92 Å². The third-order valence-corrected chi connectivity index (χ3v) is 10.2. The lowest BCUT2D eigenvalue weighted by molar-refractivity contribution is -0.0115. The maximum Gasteiger partial charge on any atom is 0.321 e. The molecule has 0 saturated carbocycles. The minimum Gasteiger partial charge on any atom is -0.497 e. The first-order valence-electron chi connectivity index (χ1n) is 17.0. The molecule has 0 bridgehead atoms. The smallest absolute Gasteiger partial charge is 0.321 e. The van der Waals surface area contributed by atoms with E-state index in [2.05, 4.69) is 10.0 Å². The van der Waals surface area contributed by atoms with E-state index in [4.69, 9.17) is 18.9 Å². The number of aliphatic hydroxyl groups excluding tert-OH is 1. The topological polar surface area (TPSA) is 156 Å². The summed E-state index contributed by atoms with van der Waals surface area (Å²) >= 11 is 0. The van der Waals surface area contributed by atoms with Crippen molar-refractivity contribution in [3.8, 4) is 17.2 Å². The standard InChI is InChI=1S/C37H50N4O9S/c1-25-22-41(26(2)24-42)36(43)33-21-29(39-51(45,46)32-17-15-31(48-6)16-18-32)12-19-34(33)50-27(3)9-7-8-20-49-35(25)23-40(4)37(44)38-28-10-13-30(47-5)14-11-28/h10-19,21,25-27,35,39,42H,7-9,20,22-24H2,1-6H3,(H,38,44)/t25-,26+,27-,35-/m1/s1. The molecule has 0 unspecified atom stereocenters. The van der Waals surface area contributed by atoms with Crippen LogP contribution in [0.3, 0.4) is 0 Å². The van der Waals surface area contributed by atoms with Gasteiger partial charge in [0.25, 0.3) is 15.9 Å². The van der Waals surface area contributed by atoms with E-state index >= 15 is 0 Å². The highest BCUT2D eigenvalue weighted by Crippen LogP contribution is 2.30. The number of ether oxygens (including phenoxy) is 4. The summed E-state index contributed by atoms with van der Waals surface area (Å²) in [5, 5.41) is 13.1. The van der Waals surface area contributed by atoms with Gasteiger partial charge in [-0.3, -0.25) is 9.52 Å². The number of sulfonamides is 1. The maximum atomic E-state index is 14.4. The van der Waals surface area contributed by atoms with Gasteiger partial charge in [-0.05, 0) is 99.8 Å². The van der Waals surface area contributed by atoms with Gasteiger partial charge >= 0.3 is 6.03 Å². The number of hydrogen-bond acceptors (Lipinski definition) is 9. The second kappa shape index (κ2) is 18.1. The van der Waals surface area contributed by atoms with Gasteiger partial charge in [0, 0.05) is 44.0 Å². The zero-order valence-electron chi connectivity index (χ0n) is 30.1. The van der Waals surface area contributed by atoms with Crippen LogP contribution in [0.15, 0.2) is 71.6 Å². The Morgan fingerprint density at radius 2 is 1.63 bits per heavy atom. The van der Waals surface area contributed by atoms with Crippen molar-refractivity contribution in [2.24, 2.45) is 5.92 Å². The van der Waals surface area contributed by atoms with E-state index in [9.17, 15) is 23.1 Å². The molecule has 1 aliphatic heterocycles. The average molecular weight is 727 g/mol. The number of likely N-dealkylation sites (N-methyl/N-ethyl adjacent to an activating group) is 1. The Bertz CT molecular complexity index is 1700. The van der Waals surface area contributed by atoms with Gasteiger partial charge in [-0.2, -0.15) is 0 Å². The molecule has 3 aromatic carbocycles. The molecule has 0 aromatic heterocycles. The minimum absolute atomic E-state index is 0.0256. The number of anilines is 2. The third kappa shape index (κ3) is 10.7. The number of nitrogens with one attached hydrogen (secondary N) is 2. The maximum absolute atomic E-state index is 14.4. The summed E-state index contributed by atoms with van der Waals surface area (Å²) in [6, 6.07) is 16.7. The highest BCUT2D eigenvalue weighted by Gasteiger charge is 2.31. The number of carbonyl (C=O) groups is 2. The Hall–Kier alpha value is -4.53. The fourth-order valence-corrected chi connectivity index (χ4v) is 6.71. The predicted octanol–water partition coefficient (Wildman–Crippen LogP) is 5.46. The van der Waals surface area contributed by atoms with Gasteiger partial charge in [-0.25, -0.2) is 13.2 Å². The number of carbonyl (C=O) groups excluding carboxylic acids is 2. The lowest BCUT2D eigenvalue weighted by Gasteiger charge is -2.35. The zero-order chi connectivity index (χ0) is 37.1. The number of benzene rings is 3. The first-order chi connectivity index (χ1) is 24.3. The molecule has 13 nitrogen and oxygen atoms in total. The van der Waals surface area contributed by atoms with Crippen molar-refractivity contribution in [2.75, 3.05) is 57.6 Å². The predicted molar refractivity (Wildman–Crippen MR) is 195 cm³/mol. The van der Waals surface area contributed by atoms with Gasteiger partial charge in [-0.15, -0.1) is 0 Å². The van der Waals surface area contributed by atoms with Crippen LogP contribution in [-0.2, 0) is 14.8 Å². The molecule has 3 N–H and O–H groups in total. The Balaban J connectivity index is 1.61. The number of amides is 3. The SMILES string of the molecule is COc1ccc(NC(=O)N(C)C[C@H]2OCCCC[C@@H](C)Oc3ccc(NS(=O)(=O)c4ccc(OC)cc4)cc3C(=O)N([C@@H](C)CO)C[C@H]2C)cc1. The van der Waals surface area contributed by atoms with Crippen LogP contribution in [0.1, 0.15) is 50.4 Å². The van der Waals surface area contributed by atoms with Crippen molar-refractivity contribution in [1.29, 1.82) is 0 Å². The molecule has 0 saturated heterocycles. The van der Waals surface area contributed by atoms with Crippen molar-refractivity contribution in [1.82, 2.24) is 9.80 Å². The van der Waals surface area contributed by atoms with E-state index in [0.29, 0.717) is 36.0 Å². The van der Waals surface area contributed by atoms with Crippen LogP contribution in [-0.4, -0.2) is 101 Å². The number of rotatable bonds is 10. The largest absolute Gasteiger partial charge is 0.497 e. The normalized spacial score (nSPS) is 19.5. The molecule has 1 heterocycles. The zero-order valence-corrected chi connectivity index (χ0v) is 30.9. The lowest BCUT2D eigenvalue weighted by Crippen LogP contribution is -2.48. The van der Waals surface area contributed by atoms with E-state index in [0.717, 1.165) is 12.8 Å². The number of urea groups is 1. The number of fused-ring (bicyclic) bond motifs is 1. The van der Waals surface area contributed by atoms with Gasteiger partial charge in [0.15, 0.2) is 0 Å². The molecule has 0 spiro atoms. The van der Waals surface area contributed by atoms with Crippen LogP contribution in [0.5, 0.6) is 17.2 Å². The molecule has 51 heavy (non-hydrogen) atoms. The third-order valence-electron chi connectivity index (χ3n) is 8.82. The Kier molecular flexibility index (Phi) is 13.9. The Morgan fingerprint density at radius 1 is 1.00 bits per heavy atom. The fraction of sp³-hybridized carbons (Fsp3) is 0.459. The molecule has 4 rings (SSSR count). The average Bonchev–Trinajstić information content (AvgIpc) is 3.12. The van der Waals surface area contributed by atoms with Crippen LogP contribution >= 0.6 is 0 Å². The highest BCUT2D eigenvalue weighted by molar-refractivity contribution is 7.92. The number of aliphatic hydroxyl groups is 1. The molecular formula is C37H50N4O9S. The van der Waals surface area contributed by atoms with Crippen molar-refractivity contribution in [3.05, 3.63) is 72.3 Å². The molecule has 4 atom stereocenters. The summed E-state index contributed by atoms with van der Waals surface area (Å²) in [7, 11) is 0.746. The Morgan fingerprint density at radius 3 is 2.25 bits per heavy atom. The lowest BCUT2D eigenvalue weighted by atomic mass is 10.0. The molecule has 0 radical (unpaired) electrons. The Labute approximate surface area is 300 Å². The van der Waals surface area contributed by atoms with Crippen LogP contribution in [0.2, 0.25) is 0 Å². The summed E-state index contributed by atoms with van der Waals surface area (Å²) in [6.07, 6.45) is 1.54. The first-order valence-corrected chi connectivity index (χ1v) is 18.5. The van der Waals surface area contributed by atoms with Crippen LogP contribution in [0.4, 0.5) is 16.2 Å². The van der Waals surface area contributed by atoms with Gasteiger partial charge < -0.3 is 39.2 Å². The van der Waals surface area contributed by atoms with Crippen LogP contribution in [0.25, 0.3) is 0 Å². The van der Waals surface area contributed by atoms with Crippen molar-refractivity contribution in [2.45, 2.75) is 63.2 Å². The summed E-state index contributed by atoms with van der Waals surface area (Å²) < 4.78 is 52.1. The summed E-state index contributed by atoms with van der Waals surface area (Å²) in [5.41, 5.74) is 0.933. The monoisotopic (exact) mass is 726 g/mol. The van der Waals surface area contributed by atoms with Gasteiger partial charge in [0.1, 0.15) is 17.2 Å². The molecule has 0 aliphatic carbocycles. The molecular weight excluding hydrogens is 676 g/mol. The second-order valence-corrected chi connectivity index (χ2v) is 14.5. The summed E-state index contributed by atoms with van der Waals surface area (Å²) in [6.45, 7) is 6.14. The van der Waals surface area contributed by atoms with Crippen molar-refractivity contribution in [3.63, 3.8) is 0 Å². The van der Waals surface area contributed by atoms with Gasteiger partial charge in [0.2, 0.25) is 0 Å². The molecule has 1 aliphatic rings.